The lowest BCUT2D eigenvalue weighted by atomic mass is 10.2. The van der Waals surface area contributed by atoms with Gasteiger partial charge in [0.1, 0.15) is 5.82 Å². The molecule has 6 heteroatoms. The van der Waals surface area contributed by atoms with E-state index in [1.807, 2.05) is 41.9 Å². The zero-order valence-corrected chi connectivity index (χ0v) is 12.1. The predicted molar refractivity (Wildman–Crippen MR) is 83.4 cm³/mol. The van der Waals surface area contributed by atoms with E-state index in [2.05, 4.69) is 32.5 Å². The predicted octanol–water partition coefficient (Wildman–Crippen LogP) is 2.73. The van der Waals surface area contributed by atoms with Crippen molar-refractivity contribution in [3.05, 3.63) is 48.7 Å². The first-order valence-corrected chi connectivity index (χ1v) is 7.03. The third-order valence-corrected chi connectivity index (χ3v) is 3.22. The van der Waals surface area contributed by atoms with Crippen LogP contribution in [0.1, 0.15) is 25.6 Å². The molecule has 1 atom stereocenters. The quantitative estimate of drug-likeness (QED) is 0.753. The molecule has 21 heavy (non-hydrogen) atoms. The van der Waals surface area contributed by atoms with Gasteiger partial charge in [0, 0.05) is 25.1 Å². The molecule has 0 aromatic carbocycles. The van der Waals surface area contributed by atoms with Crippen LogP contribution in [0, 0.1) is 0 Å². The molecule has 3 heterocycles. The van der Waals surface area contributed by atoms with Crippen LogP contribution < -0.4 is 10.6 Å². The summed E-state index contributed by atoms with van der Waals surface area (Å²) in [6, 6.07) is 5.94. The molecule has 1 unspecified atom stereocenters. The van der Waals surface area contributed by atoms with Crippen LogP contribution in [0.15, 0.2) is 43.0 Å². The number of anilines is 2. The largest absolute Gasteiger partial charge is 0.369 e. The molecule has 3 rings (SSSR count). The Kier molecular flexibility index (Phi) is 3.68. The van der Waals surface area contributed by atoms with Crippen molar-refractivity contribution in [1.82, 2.24) is 19.4 Å². The smallest absolute Gasteiger partial charge is 0.180 e. The van der Waals surface area contributed by atoms with Gasteiger partial charge < -0.3 is 15.0 Å². The van der Waals surface area contributed by atoms with Crippen molar-refractivity contribution in [2.45, 2.75) is 19.9 Å². The Hall–Kier alpha value is -2.63. The number of nitrogens with zero attached hydrogens (tertiary/aromatic N) is 4. The summed E-state index contributed by atoms with van der Waals surface area (Å²) in [5, 5.41) is 6.62. The lowest BCUT2D eigenvalue weighted by Gasteiger charge is -2.15. The summed E-state index contributed by atoms with van der Waals surface area (Å²) in [7, 11) is 0. The molecule has 0 radical (unpaired) electrons. The van der Waals surface area contributed by atoms with Crippen LogP contribution in [0.4, 0.5) is 11.6 Å². The molecule has 0 bridgehead atoms. The number of pyridine rings is 1. The van der Waals surface area contributed by atoms with Crippen molar-refractivity contribution in [3.8, 4) is 0 Å². The second-order valence-electron chi connectivity index (χ2n) is 4.78. The van der Waals surface area contributed by atoms with Gasteiger partial charge in [-0.1, -0.05) is 6.07 Å². The Balaban J connectivity index is 1.93. The zero-order valence-electron chi connectivity index (χ0n) is 12.1. The highest BCUT2D eigenvalue weighted by atomic mass is 15.2. The van der Waals surface area contributed by atoms with E-state index in [1.165, 1.54) is 0 Å². The van der Waals surface area contributed by atoms with E-state index in [0.29, 0.717) is 0 Å². The van der Waals surface area contributed by atoms with E-state index in [0.717, 1.165) is 29.5 Å². The standard InChI is InChI=1S/C15H18N6/c1-3-16-13-10-21-9-8-18-15(21)14(20-13)19-11(2)12-6-4-5-7-17-12/h4-11,16H,3H2,1-2H3,(H,19,20). The van der Waals surface area contributed by atoms with Crippen molar-refractivity contribution in [1.29, 1.82) is 0 Å². The van der Waals surface area contributed by atoms with E-state index < -0.39 is 0 Å². The fraction of sp³-hybridized carbons (Fsp3) is 0.267. The van der Waals surface area contributed by atoms with E-state index >= 15 is 0 Å². The maximum atomic E-state index is 4.60. The molecule has 2 N–H and O–H groups in total. The molecule has 0 saturated carbocycles. The lowest BCUT2D eigenvalue weighted by molar-refractivity contribution is 0.831. The Morgan fingerprint density at radius 3 is 2.90 bits per heavy atom. The molecule has 6 nitrogen and oxygen atoms in total. The number of nitrogens with one attached hydrogen (secondary N) is 2. The molecule has 0 aliphatic rings. The molecule has 3 aromatic heterocycles. The Morgan fingerprint density at radius 2 is 2.14 bits per heavy atom. The molecule has 0 saturated heterocycles. The van der Waals surface area contributed by atoms with Crippen LogP contribution in [0.3, 0.4) is 0 Å². The molecule has 0 aliphatic carbocycles. The second-order valence-corrected chi connectivity index (χ2v) is 4.78. The zero-order chi connectivity index (χ0) is 14.7. The Bertz CT molecular complexity index is 721. The van der Waals surface area contributed by atoms with Gasteiger partial charge in [0.2, 0.25) is 0 Å². The molecule has 0 spiro atoms. The molecular formula is C15H18N6. The van der Waals surface area contributed by atoms with Gasteiger partial charge in [-0.25, -0.2) is 9.97 Å². The van der Waals surface area contributed by atoms with Crippen molar-refractivity contribution in [3.63, 3.8) is 0 Å². The molecule has 0 amide bonds. The first kappa shape index (κ1) is 13.4. The van der Waals surface area contributed by atoms with Crippen molar-refractivity contribution >= 4 is 17.3 Å². The summed E-state index contributed by atoms with van der Waals surface area (Å²) in [6.07, 6.45) is 7.40. The molecular weight excluding hydrogens is 264 g/mol. The lowest BCUT2D eigenvalue weighted by Crippen LogP contribution is -2.12. The highest BCUT2D eigenvalue weighted by Gasteiger charge is 2.12. The van der Waals surface area contributed by atoms with Crippen LogP contribution in [0.25, 0.3) is 5.65 Å². The maximum Gasteiger partial charge on any atom is 0.180 e. The maximum absolute atomic E-state index is 4.60. The highest BCUT2D eigenvalue weighted by Crippen LogP contribution is 2.21. The van der Waals surface area contributed by atoms with Crippen molar-refractivity contribution in [2.75, 3.05) is 17.2 Å². The van der Waals surface area contributed by atoms with Crippen molar-refractivity contribution < 1.29 is 0 Å². The molecule has 108 valence electrons. The topological polar surface area (TPSA) is 67.1 Å². The summed E-state index contributed by atoms with van der Waals surface area (Å²) in [5.74, 6) is 1.57. The first-order valence-electron chi connectivity index (χ1n) is 7.03. The summed E-state index contributed by atoms with van der Waals surface area (Å²) < 4.78 is 1.96. The summed E-state index contributed by atoms with van der Waals surface area (Å²) >= 11 is 0. The van der Waals surface area contributed by atoms with E-state index in [9.17, 15) is 0 Å². The number of rotatable bonds is 5. The minimum atomic E-state index is 0.0519. The average Bonchev–Trinajstić information content (AvgIpc) is 2.97. The van der Waals surface area contributed by atoms with Crippen LogP contribution >= 0.6 is 0 Å². The average molecular weight is 282 g/mol. The van der Waals surface area contributed by atoms with Crippen LogP contribution in [0.2, 0.25) is 0 Å². The molecule has 0 fully saturated rings. The fourth-order valence-electron chi connectivity index (χ4n) is 2.21. The van der Waals surface area contributed by atoms with Gasteiger partial charge in [-0.15, -0.1) is 0 Å². The SMILES string of the molecule is CCNc1cn2ccnc2c(NC(C)c2ccccn2)n1. The number of aromatic nitrogens is 4. The van der Waals surface area contributed by atoms with E-state index in [1.54, 1.807) is 12.4 Å². The number of fused-ring (bicyclic) bond motifs is 1. The number of hydrogen-bond acceptors (Lipinski definition) is 5. The highest BCUT2D eigenvalue weighted by molar-refractivity contribution is 5.65. The van der Waals surface area contributed by atoms with Crippen LogP contribution in [0.5, 0.6) is 0 Å². The summed E-state index contributed by atoms with van der Waals surface area (Å²) in [5.41, 5.74) is 1.78. The van der Waals surface area contributed by atoms with Crippen LogP contribution in [-0.2, 0) is 0 Å². The van der Waals surface area contributed by atoms with Gasteiger partial charge in [0.05, 0.1) is 17.9 Å². The second kappa shape index (κ2) is 5.78. The summed E-state index contributed by atoms with van der Waals surface area (Å²) in [6.45, 7) is 4.93. The first-order chi connectivity index (χ1) is 10.3. The van der Waals surface area contributed by atoms with E-state index in [4.69, 9.17) is 0 Å². The van der Waals surface area contributed by atoms with Crippen LogP contribution in [-0.4, -0.2) is 25.9 Å². The van der Waals surface area contributed by atoms with Gasteiger partial charge in [0.25, 0.3) is 0 Å². The van der Waals surface area contributed by atoms with Gasteiger partial charge in [0.15, 0.2) is 11.5 Å². The molecule has 0 aliphatic heterocycles. The van der Waals surface area contributed by atoms with Crippen molar-refractivity contribution in [2.24, 2.45) is 0 Å². The third kappa shape index (κ3) is 2.79. The Labute approximate surface area is 123 Å². The summed E-state index contributed by atoms with van der Waals surface area (Å²) in [4.78, 5) is 13.3. The third-order valence-electron chi connectivity index (χ3n) is 3.22. The number of hydrogen-bond donors (Lipinski definition) is 2. The molecule has 3 aromatic rings. The minimum Gasteiger partial charge on any atom is -0.369 e. The fourth-order valence-corrected chi connectivity index (χ4v) is 2.21. The monoisotopic (exact) mass is 282 g/mol. The van der Waals surface area contributed by atoms with Gasteiger partial charge in [-0.3, -0.25) is 4.98 Å². The minimum absolute atomic E-state index is 0.0519. The van der Waals surface area contributed by atoms with E-state index in [-0.39, 0.29) is 6.04 Å². The van der Waals surface area contributed by atoms with Gasteiger partial charge in [-0.2, -0.15) is 0 Å². The number of imidazole rings is 1. The normalized spacial score (nSPS) is 12.3. The van der Waals surface area contributed by atoms with Gasteiger partial charge >= 0.3 is 0 Å². The Morgan fingerprint density at radius 1 is 1.24 bits per heavy atom. The van der Waals surface area contributed by atoms with Gasteiger partial charge in [-0.05, 0) is 26.0 Å².